The number of amides is 1. The number of ether oxygens (including phenoxy) is 1. The highest BCUT2D eigenvalue weighted by Gasteiger charge is 2.43. The fourth-order valence-corrected chi connectivity index (χ4v) is 5.00. The summed E-state index contributed by atoms with van der Waals surface area (Å²) in [5, 5.41) is 10.1. The fraction of sp³-hybridized carbons (Fsp3) is 0.381. The molecule has 1 aromatic rings. The van der Waals surface area contributed by atoms with Crippen molar-refractivity contribution in [2.24, 2.45) is 10.7 Å². The van der Waals surface area contributed by atoms with E-state index in [1.165, 1.54) is 11.8 Å². The van der Waals surface area contributed by atoms with Gasteiger partial charge in [0.25, 0.3) is 5.91 Å². The second kappa shape index (κ2) is 9.14. The summed E-state index contributed by atoms with van der Waals surface area (Å²) >= 11 is 4.80. The Morgan fingerprint density at radius 2 is 2.10 bits per heavy atom. The Balaban J connectivity index is 2.19. The number of carbonyl (C=O) groups excluding carboxylic acids is 1. The molecule has 0 saturated carbocycles. The molecular weight excluding hydrogens is 466 g/mol. The molecule has 0 spiro atoms. The van der Waals surface area contributed by atoms with Crippen molar-refractivity contribution in [3.8, 4) is 11.8 Å². The van der Waals surface area contributed by atoms with Gasteiger partial charge in [-0.25, -0.2) is 4.99 Å². The number of nitrogens with zero attached hydrogens (tertiary/aromatic N) is 4. The van der Waals surface area contributed by atoms with Crippen LogP contribution in [0.1, 0.15) is 39.3 Å². The van der Waals surface area contributed by atoms with Crippen LogP contribution in [0.15, 0.2) is 49.7 Å². The zero-order valence-electron chi connectivity index (χ0n) is 17.4. The van der Waals surface area contributed by atoms with E-state index in [0.29, 0.717) is 46.9 Å². The number of allylic oxidation sites excluding steroid dienone is 2. The van der Waals surface area contributed by atoms with Gasteiger partial charge in [-0.15, -0.1) is 0 Å². The van der Waals surface area contributed by atoms with Gasteiger partial charge in [0.2, 0.25) is 0 Å². The molecule has 3 rings (SSSR count). The summed E-state index contributed by atoms with van der Waals surface area (Å²) in [7, 11) is 0. The maximum absolute atomic E-state index is 13.5. The van der Waals surface area contributed by atoms with Crippen molar-refractivity contribution < 1.29 is 9.53 Å². The Morgan fingerprint density at radius 1 is 1.40 bits per heavy atom. The molecule has 158 valence electrons. The van der Waals surface area contributed by atoms with E-state index in [0.717, 1.165) is 15.8 Å². The predicted molar refractivity (Wildman–Crippen MR) is 122 cm³/mol. The van der Waals surface area contributed by atoms with Crippen LogP contribution in [0.5, 0.6) is 5.75 Å². The van der Waals surface area contributed by atoms with Crippen molar-refractivity contribution in [2.45, 2.75) is 33.7 Å². The Labute approximate surface area is 189 Å². The van der Waals surface area contributed by atoms with Gasteiger partial charge in [-0.3, -0.25) is 9.69 Å². The number of carbonyl (C=O) groups is 1. The molecule has 2 aliphatic rings. The monoisotopic (exact) mass is 489 g/mol. The number of rotatable bonds is 6. The van der Waals surface area contributed by atoms with Gasteiger partial charge in [0.15, 0.2) is 5.17 Å². The van der Waals surface area contributed by atoms with Crippen molar-refractivity contribution in [2.75, 3.05) is 19.7 Å². The van der Waals surface area contributed by atoms with Gasteiger partial charge in [0, 0.05) is 13.1 Å². The minimum atomic E-state index is -0.490. The zero-order chi connectivity index (χ0) is 22.0. The standard InChI is InChI=1S/C21H24BrN5O2S/c1-5-26(6-2)20(28)17-12(4)25-21-27(19(24)16(11-23)30-21)18(17)13-8-9-15(29-7-3)14(22)10-13/h8-10,18H,5-7,24H2,1-4H3/t18-/m0/s1. The second-order valence-electron chi connectivity index (χ2n) is 6.69. The fourth-order valence-electron chi connectivity index (χ4n) is 3.57. The van der Waals surface area contributed by atoms with Crippen LogP contribution in [0.3, 0.4) is 0 Å². The van der Waals surface area contributed by atoms with Crippen LogP contribution in [0, 0.1) is 11.3 Å². The lowest BCUT2D eigenvalue weighted by atomic mass is 9.93. The largest absolute Gasteiger partial charge is 0.493 e. The SMILES string of the molecule is CCOc1ccc([C@H]2C(C(=O)N(CC)CC)=C(C)N=C3SC(C#N)=C(N)N32)cc1Br. The van der Waals surface area contributed by atoms with Crippen molar-refractivity contribution in [3.63, 3.8) is 0 Å². The average Bonchev–Trinajstić information content (AvgIpc) is 3.04. The Hall–Kier alpha value is -2.44. The first-order valence-electron chi connectivity index (χ1n) is 9.75. The number of halogens is 1. The topological polar surface area (TPSA) is 94.9 Å². The number of amidine groups is 1. The van der Waals surface area contributed by atoms with Crippen LogP contribution < -0.4 is 10.5 Å². The van der Waals surface area contributed by atoms with Crippen molar-refractivity contribution in [1.29, 1.82) is 5.26 Å². The van der Waals surface area contributed by atoms with E-state index < -0.39 is 6.04 Å². The first-order valence-corrected chi connectivity index (χ1v) is 11.4. The molecular formula is C21H24BrN5O2S. The smallest absolute Gasteiger partial charge is 0.254 e. The summed E-state index contributed by atoms with van der Waals surface area (Å²) in [6.07, 6.45) is 0. The summed E-state index contributed by atoms with van der Waals surface area (Å²) in [5.74, 6) is 0.951. The van der Waals surface area contributed by atoms with E-state index in [2.05, 4.69) is 27.0 Å². The predicted octanol–water partition coefficient (Wildman–Crippen LogP) is 4.10. The van der Waals surface area contributed by atoms with Gasteiger partial charge >= 0.3 is 0 Å². The molecule has 2 aliphatic heterocycles. The third-order valence-corrected chi connectivity index (χ3v) is 6.63. The average molecular weight is 490 g/mol. The van der Waals surface area contributed by atoms with Crippen LogP contribution in [0.4, 0.5) is 0 Å². The first-order chi connectivity index (χ1) is 14.4. The van der Waals surface area contributed by atoms with E-state index in [1.54, 1.807) is 9.80 Å². The number of likely N-dealkylation sites (N-methyl/N-ethyl adjacent to an activating group) is 1. The minimum Gasteiger partial charge on any atom is -0.493 e. The molecule has 0 bridgehead atoms. The number of hydrogen-bond donors (Lipinski definition) is 1. The van der Waals surface area contributed by atoms with Crippen LogP contribution in [0.25, 0.3) is 0 Å². The molecule has 9 heteroatoms. The Bertz CT molecular complexity index is 1010. The quantitative estimate of drug-likeness (QED) is 0.645. The molecule has 0 fully saturated rings. The number of benzene rings is 1. The summed E-state index contributed by atoms with van der Waals surface area (Å²) in [6, 6.07) is 7.38. The number of fused-ring (bicyclic) bond motifs is 1. The number of nitriles is 1. The van der Waals surface area contributed by atoms with Gasteiger partial charge in [-0.05, 0) is 73.1 Å². The van der Waals surface area contributed by atoms with Gasteiger partial charge in [-0.2, -0.15) is 5.26 Å². The number of nitrogens with two attached hydrogens (primary N) is 1. The molecule has 1 amide bonds. The first kappa shape index (κ1) is 22.2. The molecule has 1 aromatic carbocycles. The lowest BCUT2D eigenvalue weighted by Gasteiger charge is -2.37. The summed E-state index contributed by atoms with van der Waals surface area (Å²) in [6.45, 7) is 9.38. The van der Waals surface area contributed by atoms with Crippen LogP contribution in [0.2, 0.25) is 0 Å². The second-order valence-corrected chi connectivity index (χ2v) is 8.53. The lowest BCUT2D eigenvalue weighted by Crippen LogP contribution is -2.42. The van der Waals surface area contributed by atoms with Crippen molar-refractivity contribution in [1.82, 2.24) is 9.80 Å². The summed E-state index contributed by atoms with van der Waals surface area (Å²) < 4.78 is 6.42. The highest BCUT2D eigenvalue weighted by molar-refractivity contribution is 9.10. The highest BCUT2D eigenvalue weighted by Crippen LogP contribution is 2.46. The van der Waals surface area contributed by atoms with Gasteiger partial charge in [-0.1, -0.05) is 6.07 Å². The van der Waals surface area contributed by atoms with E-state index in [9.17, 15) is 10.1 Å². The van der Waals surface area contributed by atoms with Crippen LogP contribution >= 0.6 is 27.7 Å². The molecule has 0 saturated heterocycles. The Morgan fingerprint density at radius 3 is 2.67 bits per heavy atom. The molecule has 0 aromatic heterocycles. The maximum Gasteiger partial charge on any atom is 0.254 e. The van der Waals surface area contributed by atoms with Crippen LogP contribution in [-0.2, 0) is 4.79 Å². The number of thioether (sulfide) groups is 1. The Kier molecular flexibility index (Phi) is 6.78. The molecule has 7 nitrogen and oxygen atoms in total. The molecule has 30 heavy (non-hydrogen) atoms. The molecule has 0 aliphatic carbocycles. The third kappa shape index (κ3) is 3.82. The van der Waals surface area contributed by atoms with E-state index in [1.807, 2.05) is 45.9 Å². The zero-order valence-corrected chi connectivity index (χ0v) is 19.8. The molecule has 1 atom stereocenters. The lowest BCUT2D eigenvalue weighted by molar-refractivity contribution is -0.127. The summed E-state index contributed by atoms with van der Waals surface area (Å²) in [4.78, 5) is 22.0. The minimum absolute atomic E-state index is 0.0847. The van der Waals surface area contributed by atoms with Gasteiger partial charge in [0.05, 0.1) is 28.4 Å². The van der Waals surface area contributed by atoms with E-state index in [-0.39, 0.29) is 5.91 Å². The number of aliphatic imine (C=N–C) groups is 1. The van der Waals surface area contributed by atoms with Gasteiger partial charge in [0.1, 0.15) is 22.5 Å². The van der Waals surface area contributed by atoms with E-state index in [4.69, 9.17) is 10.5 Å². The summed E-state index contributed by atoms with van der Waals surface area (Å²) in [5.41, 5.74) is 8.38. The molecule has 2 heterocycles. The molecule has 2 N–H and O–H groups in total. The third-order valence-electron chi connectivity index (χ3n) is 5.03. The van der Waals surface area contributed by atoms with E-state index >= 15 is 0 Å². The molecule has 0 unspecified atom stereocenters. The number of hydrogen-bond acceptors (Lipinski definition) is 7. The van der Waals surface area contributed by atoms with Crippen LogP contribution in [-0.4, -0.2) is 40.6 Å². The highest BCUT2D eigenvalue weighted by atomic mass is 79.9. The molecule has 0 radical (unpaired) electrons. The maximum atomic E-state index is 13.5. The van der Waals surface area contributed by atoms with Crippen molar-refractivity contribution in [3.05, 3.63) is 50.2 Å². The van der Waals surface area contributed by atoms with Gasteiger partial charge < -0.3 is 15.4 Å². The normalized spacial score (nSPS) is 18.2. The van der Waals surface area contributed by atoms with Crippen molar-refractivity contribution >= 4 is 38.8 Å².